The molecule has 0 spiro atoms. The van der Waals surface area contributed by atoms with Gasteiger partial charge < -0.3 is 4.42 Å². The number of hydrogen-bond donors (Lipinski definition) is 0. The average molecular weight is 355 g/mol. The third-order valence-electron chi connectivity index (χ3n) is 3.81. The molecular weight excluding hydrogens is 338 g/mol. The highest BCUT2D eigenvalue weighted by Crippen LogP contribution is 2.26. The van der Waals surface area contributed by atoms with Crippen LogP contribution in [0.25, 0.3) is 10.9 Å². The van der Waals surface area contributed by atoms with Crippen molar-refractivity contribution in [1.82, 2.24) is 9.29 Å². The molecule has 0 radical (unpaired) electrons. The first kappa shape index (κ1) is 17.1. The molecule has 128 valence electrons. The van der Waals surface area contributed by atoms with Gasteiger partial charge in [-0.1, -0.05) is 12.1 Å². The number of fused-ring (bicyclic) bond motifs is 1. The molecule has 3 aromatic rings. The average Bonchev–Trinajstić information content (AvgIpc) is 3.10. The van der Waals surface area contributed by atoms with Crippen LogP contribution in [-0.4, -0.2) is 24.3 Å². The van der Waals surface area contributed by atoms with Gasteiger partial charge >= 0.3 is 0 Å². The van der Waals surface area contributed by atoms with E-state index in [0.717, 1.165) is 10.9 Å². The van der Waals surface area contributed by atoms with E-state index in [0.29, 0.717) is 11.3 Å². The molecule has 2 aromatic heterocycles. The van der Waals surface area contributed by atoms with Gasteiger partial charge in [-0.25, -0.2) is 8.42 Å². The minimum absolute atomic E-state index is 0.0687. The summed E-state index contributed by atoms with van der Waals surface area (Å²) in [7, 11) is -3.83. The van der Waals surface area contributed by atoms with Gasteiger partial charge in [0.1, 0.15) is 10.7 Å². The molecule has 0 atom stereocenters. The molecule has 7 heteroatoms. The smallest absolute Gasteiger partial charge is 0.245 e. The molecule has 0 aliphatic carbocycles. The molecule has 0 N–H and O–H groups in total. The molecule has 0 fully saturated rings. The van der Waals surface area contributed by atoms with Crippen molar-refractivity contribution in [1.29, 1.82) is 5.26 Å². The van der Waals surface area contributed by atoms with Gasteiger partial charge in [-0.15, -0.1) is 0 Å². The Labute approximate surface area is 146 Å². The number of furan rings is 1. The quantitative estimate of drug-likeness (QED) is 0.677. The predicted octanol–water partition coefficient (Wildman–Crippen LogP) is 3.24. The van der Waals surface area contributed by atoms with Crippen molar-refractivity contribution < 1.29 is 12.8 Å². The fraction of sp³-hybridized carbons (Fsp3) is 0.222. The summed E-state index contributed by atoms with van der Waals surface area (Å²) in [5.74, 6) is 0.519. The monoisotopic (exact) mass is 355 g/mol. The maximum Gasteiger partial charge on any atom is 0.245 e. The van der Waals surface area contributed by atoms with Gasteiger partial charge in [-0.3, -0.25) is 4.98 Å². The summed E-state index contributed by atoms with van der Waals surface area (Å²) >= 11 is 0. The topological polar surface area (TPSA) is 87.2 Å². The minimum atomic E-state index is -3.83. The van der Waals surface area contributed by atoms with Crippen LogP contribution in [0.4, 0.5) is 0 Å². The maximum absolute atomic E-state index is 13.2. The van der Waals surface area contributed by atoms with Gasteiger partial charge in [-0.2, -0.15) is 9.57 Å². The van der Waals surface area contributed by atoms with Gasteiger partial charge in [0.25, 0.3) is 0 Å². The van der Waals surface area contributed by atoms with Crippen LogP contribution in [0.3, 0.4) is 0 Å². The van der Waals surface area contributed by atoms with E-state index < -0.39 is 10.0 Å². The largest absolute Gasteiger partial charge is 0.468 e. The van der Waals surface area contributed by atoms with Gasteiger partial charge in [0.2, 0.25) is 10.0 Å². The fourth-order valence-corrected chi connectivity index (χ4v) is 4.20. The number of aromatic nitrogens is 1. The number of pyridine rings is 1. The number of sulfonamides is 1. The third-order valence-corrected chi connectivity index (χ3v) is 5.69. The first-order valence-corrected chi connectivity index (χ1v) is 9.21. The lowest BCUT2D eigenvalue weighted by molar-refractivity contribution is 0.368. The summed E-state index contributed by atoms with van der Waals surface area (Å²) in [6, 6.07) is 12.4. The third kappa shape index (κ3) is 3.55. The first-order valence-electron chi connectivity index (χ1n) is 7.77. The summed E-state index contributed by atoms with van der Waals surface area (Å²) in [4.78, 5) is 4.45. The van der Waals surface area contributed by atoms with E-state index in [1.165, 1.54) is 10.6 Å². The van der Waals surface area contributed by atoms with Crippen molar-refractivity contribution in [3.8, 4) is 6.07 Å². The predicted molar refractivity (Wildman–Crippen MR) is 93.0 cm³/mol. The number of rotatable bonds is 6. The molecule has 3 rings (SSSR count). The number of nitrogens with zero attached hydrogens (tertiary/aromatic N) is 3. The van der Waals surface area contributed by atoms with Crippen molar-refractivity contribution in [3.05, 3.63) is 60.2 Å². The molecule has 0 unspecified atom stereocenters. The molecule has 0 saturated heterocycles. The minimum Gasteiger partial charge on any atom is -0.468 e. The SMILES string of the molecule is Cc1cnc2c(S(=O)(=O)N(CCC#N)Cc3ccco3)cccc2c1. The van der Waals surface area contributed by atoms with Crippen LogP contribution >= 0.6 is 0 Å². The van der Waals surface area contributed by atoms with Crippen molar-refractivity contribution >= 4 is 20.9 Å². The molecule has 1 aromatic carbocycles. The summed E-state index contributed by atoms with van der Waals surface area (Å²) in [6.45, 7) is 2.06. The summed E-state index contributed by atoms with van der Waals surface area (Å²) < 4.78 is 32.9. The van der Waals surface area contributed by atoms with Crippen LogP contribution in [0.2, 0.25) is 0 Å². The first-order chi connectivity index (χ1) is 12.0. The van der Waals surface area contributed by atoms with Crippen LogP contribution in [-0.2, 0) is 16.6 Å². The zero-order valence-electron chi connectivity index (χ0n) is 13.7. The lowest BCUT2D eigenvalue weighted by Crippen LogP contribution is -2.31. The lowest BCUT2D eigenvalue weighted by atomic mass is 10.2. The van der Waals surface area contributed by atoms with E-state index >= 15 is 0 Å². The van der Waals surface area contributed by atoms with Gasteiger partial charge in [0.05, 0.1) is 24.4 Å². The summed E-state index contributed by atoms with van der Waals surface area (Å²) in [6.07, 6.45) is 3.23. The van der Waals surface area contributed by atoms with Crippen molar-refractivity contribution in [2.45, 2.75) is 24.8 Å². The van der Waals surface area contributed by atoms with E-state index in [-0.39, 0.29) is 24.4 Å². The second kappa shape index (κ2) is 7.05. The standard InChI is InChI=1S/C18H17N3O3S/c1-14-11-15-5-2-7-17(18(15)20-12-14)25(22,23)21(9-4-8-19)13-16-6-3-10-24-16/h2-3,5-7,10-12H,4,9,13H2,1H3. The Morgan fingerprint density at radius 1 is 1.28 bits per heavy atom. The second-order valence-corrected chi connectivity index (χ2v) is 7.57. The Morgan fingerprint density at radius 2 is 2.12 bits per heavy atom. The van der Waals surface area contributed by atoms with Gasteiger partial charge in [-0.05, 0) is 36.8 Å². The Kier molecular flexibility index (Phi) is 4.83. The van der Waals surface area contributed by atoms with Crippen LogP contribution in [0.5, 0.6) is 0 Å². The Morgan fingerprint density at radius 3 is 2.84 bits per heavy atom. The van der Waals surface area contributed by atoms with E-state index in [2.05, 4.69) is 4.98 Å². The zero-order chi connectivity index (χ0) is 17.9. The highest BCUT2D eigenvalue weighted by molar-refractivity contribution is 7.89. The lowest BCUT2D eigenvalue weighted by Gasteiger charge is -2.21. The van der Waals surface area contributed by atoms with E-state index in [4.69, 9.17) is 9.68 Å². The normalized spacial score (nSPS) is 11.7. The molecule has 0 aliphatic rings. The van der Waals surface area contributed by atoms with Crippen LogP contribution in [0.1, 0.15) is 17.7 Å². The summed E-state index contributed by atoms with van der Waals surface area (Å²) in [5, 5.41) is 9.64. The van der Waals surface area contributed by atoms with Crippen molar-refractivity contribution in [2.24, 2.45) is 0 Å². The number of para-hydroxylation sites is 1. The molecule has 0 saturated carbocycles. The van der Waals surface area contributed by atoms with Gasteiger partial charge in [0, 0.05) is 24.5 Å². The molecule has 25 heavy (non-hydrogen) atoms. The maximum atomic E-state index is 13.2. The molecule has 0 bridgehead atoms. The van der Waals surface area contributed by atoms with Crippen LogP contribution in [0.15, 0.2) is 58.2 Å². The molecule has 2 heterocycles. The fourth-order valence-electron chi connectivity index (χ4n) is 2.63. The highest BCUT2D eigenvalue weighted by Gasteiger charge is 2.27. The van der Waals surface area contributed by atoms with Crippen LogP contribution < -0.4 is 0 Å². The molecule has 0 aliphatic heterocycles. The van der Waals surface area contributed by atoms with E-state index in [9.17, 15) is 8.42 Å². The van der Waals surface area contributed by atoms with Crippen LogP contribution in [0, 0.1) is 18.3 Å². The second-order valence-electron chi connectivity index (χ2n) is 5.67. The molecular formula is C18H17N3O3S. The van der Waals surface area contributed by atoms with Crippen molar-refractivity contribution in [3.63, 3.8) is 0 Å². The molecule has 0 amide bonds. The zero-order valence-corrected chi connectivity index (χ0v) is 14.5. The molecule has 6 nitrogen and oxygen atoms in total. The number of aryl methyl sites for hydroxylation is 1. The number of benzene rings is 1. The number of nitriles is 1. The van der Waals surface area contributed by atoms with E-state index in [1.54, 1.807) is 30.5 Å². The van der Waals surface area contributed by atoms with E-state index in [1.807, 2.05) is 25.1 Å². The highest BCUT2D eigenvalue weighted by atomic mass is 32.2. The Balaban J connectivity index is 2.07. The van der Waals surface area contributed by atoms with Crippen molar-refractivity contribution in [2.75, 3.05) is 6.54 Å². The Hall–Kier alpha value is -2.69. The Bertz CT molecular complexity index is 1020. The number of hydrogen-bond acceptors (Lipinski definition) is 5. The van der Waals surface area contributed by atoms with Gasteiger partial charge in [0.15, 0.2) is 0 Å². The summed E-state index contributed by atoms with van der Waals surface area (Å²) in [5.41, 5.74) is 1.38.